The van der Waals surface area contributed by atoms with Crippen LogP contribution in [0.1, 0.15) is 11.3 Å². The molecule has 0 aliphatic heterocycles. The second-order valence-corrected chi connectivity index (χ2v) is 3.13. The monoisotopic (exact) mass is 203 g/mol. The molecule has 2 rings (SSSR count). The lowest BCUT2D eigenvalue weighted by molar-refractivity contribution is 0.989. The molecule has 0 radical (unpaired) electrons. The van der Waals surface area contributed by atoms with Gasteiger partial charge in [0, 0.05) is 42.2 Å². The fraction of sp³-hybridized carbons (Fsp3) is 0.100. The number of rotatable bonds is 2. The first kappa shape index (κ1) is 9.39. The molecule has 0 aliphatic rings. The molecule has 0 unspecified atom stereocenters. The molecule has 0 aliphatic carbocycles. The van der Waals surface area contributed by atoms with Gasteiger partial charge in [0.1, 0.15) is 0 Å². The molecule has 15 heavy (non-hydrogen) atoms. The zero-order chi connectivity index (χ0) is 10.7. The van der Waals surface area contributed by atoms with E-state index in [1.807, 2.05) is 0 Å². The lowest BCUT2D eigenvalue weighted by Gasteiger charge is -1.99. The van der Waals surface area contributed by atoms with Crippen LogP contribution in [0, 0.1) is 0 Å². The molecule has 5 heteroatoms. The molecule has 0 saturated carbocycles. The van der Waals surface area contributed by atoms with Crippen molar-refractivity contribution < 1.29 is 0 Å². The summed E-state index contributed by atoms with van der Waals surface area (Å²) in [5.74, 6) is 0. The summed E-state index contributed by atoms with van der Waals surface area (Å²) in [7, 11) is 0. The molecule has 0 bridgehead atoms. The minimum Gasteiger partial charge on any atom is -0.364 e. The average Bonchev–Trinajstić information content (AvgIpc) is 2.22. The lowest BCUT2D eigenvalue weighted by atomic mass is 10.2. The minimum atomic E-state index is -0.185. The number of hydrogen-bond acceptors (Lipinski definition) is 3. The van der Waals surface area contributed by atoms with Crippen molar-refractivity contribution in [3.8, 4) is 0 Å². The van der Waals surface area contributed by atoms with Gasteiger partial charge in [-0.15, -0.1) is 0 Å². The van der Waals surface area contributed by atoms with Crippen LogP contribution in [-0.2, 0) is 6.42 Å². The third-order valence-electron chi connectivity index (χ3n) is 2.01. The number of nitrogens with one attached hydrogen (secondary N) is 2. The van der Waals surface area contributed by atoms with Crippen molar-refractivity contribution in [3.05, 3.63) is 62.7 Å². The SMILES string of the molecule is O=c1cc[nH]c(Cc2cnc[nH]c2=O)c1. The van der Waals surface area contributed by atoms with Crippen LogP contribution in [0.15, 0.2) is 40.4 Å². The Kier molecular flexibility index (Phi) is 2.45. The molecular weight excluding hydrogens is 194 g/mol. The fourth-order valence-electron chi connectivity index (χ4n) is 1.30. The molecule has 0 fully saturated rings. The average molecular weight is 203 g/mol. The second kappa shape index (κ2) is 3.91. The van der Waals surface area contributed by atoms with Crippen molar-refractivity contribution in [1.82, 2.24) is 15.0 Å². The molecule has 76 valence electrons. The van der Waals surface area contributed by atoms with Crippen LogP contribution in [0.3, 0.4) is 0 Å². The Bertz CT molecular complexity index is 571. The highest BCUT2D eigenvalue weighted by Gasteiger charge is 2.01. The normalized spacial score (nSPS) is 10.1. The quantitative estimate of drug-likeness (QED) is 0.723. The van der Waals surface area contributed by atoms with E-state index >= 15 is 0 Å². The van der Waals surface area contributed by atoms with Crippen molar-refractivity contribution >= 4 is 0 Å². The van der Waals surface area contributed by atoms with Crippen molar-refractivity contribution in [3.63, 3.8) is 0 Å². The second-order valence-electron chi connectivity index (χ2n) is 3.13. The fourth-order valence-corrected chi connectivity index (χ4v) is 1.30. The molecule has 2 N–H and O–H groups in total. The van der Waals surface area contributed by atoms with E-state index in [4.69, 9.17) is 0 Å². The van der Waals surface area contributed by atoms with Gasteiger partial charge in [0.25, 0.3) is 5.56 Å². The van der Waals surface area contributed by atoms with Gasteiger partial charge in [-0.3, -0.25) is 9.59 Å². The molecule has 0 amide bonds. The van der Waals surface area contributed by atoms with Crippen molar-refractivity contribution in [2.24, 2.45) is 0 Å². The summed E-state index contributed by atoms with van der Waals surface area (Å²) in [5.41, 5.74) is 0.958. The van der Waals surface area contributed by atoms with E-state index in [0.717, 1.165) is 0 Å². The zero-order valence-corrected chi connectivity index (χ0v) is 7.86. The van der Waals surface area contributed by atoms with E-state index in [1.165, 1.54) is 24.7 Å². The number of pyridine rings is 1. The Morgan fingerprint density at radius 1 is 1.27 bits per heavy atom. The Hall–Kier alpha value is -2.17. The number of hydrogen-bond donors (Lipinski definition) is 2. The van der Waals surface area contributed by atoms with Crippen LogP contribution in [0.25, 0.3) is 0 Å². The van der Waals surface area contributed by atoms with Gasteiger partial charge in [-0.25, -0.2) is 4.98 Å². The van der Waals surface area contributed by atoms with E-state index in [0.29, 0.717) is 17.7 Å². The van der Waals surface area contributed by atoms with Crippen LogP contribution in [0.2, 0.25) is 0 Å². The molecule has 0 atom stereocenters. The van der Waals surface area contributed by atoms with Crippen LogP contribution >= 0.6 is 0 Å². The van der Waals surface area contributed by atoms with E-state index in [-0.39, 0.29) is 11.0 Å². The Labute approximate surface area is 84.8 Å². The number of aromatic amines is 2. The van der Waals surface area contributed by atoms with Gasteiger partial charge in [0.2, 0.25) is 0 Å². The lowest BCUT2D eigenvalue weighted by Crippen LogP contribution is -2.14. The van der Waals surface area contributed by atoms with Crippen LogP contribution < -0.4 is 11.0 Å². The summed E-state index contributed by atoms with van der Waals surface area (Å²) in [6, 6.07) is 2.89. The van der Waals surface area contributed by atoms with Gasteiger partial charge in [0.15, 0.2) is 5.43 Å². The molecule has 0 saturated heterocycles. The van der Waals surface area contributed by atoms with Crippen LogP contribution in [0.5, 0.6) is 0 Å². The van der Waals surface area contributed by atoms with E-state index < -0.39 is 0 Å². The van der Waals surface area contributed by atoms with Gasteiger partial charge < -0.3 is 9.97 Å². The molecule has 2 aromatic rings. The van der Waals surface area contributed by atoms with E-state index in [1.54, 1.807) is 6.20 Å². The molecule has 5 nitrogen and oxygen atoms in total. The van der Waals surface area contributed by atoms with Gasteiger partial charge in [-0.05, 0) is 0 Å². The summed E-state index contributed by atoms with van der Waals surface area (Å²) in [5, 5.41) is 0. The van der Waals surface area contributed by atoms with E-state index in [2.05, 4.69) is 15.0 Å². The third kappa shape index (κ3) is 2.19. The summed E-state index contributed by atoms with van der Waals surface area (Å²) in [4.78, 5) is 31.6. The number of H-pyrrole nitrogens is 2. The van der Waals surface area contributed by atoms with Gasteiger partial charge >= 0.3 is 0 Å². The predicted octanol–water partition coefficient (Wildman–Crippen LogP) is 0.0490. The third-order valence-corrected chi connectivity index (χ3v) is 2.01. The molecule has 2 heterocycles. The maximum Gasteiger partial charge on any atom is 0.254 e. The van der Waals surface area contributed by atoms with Gasteiger partial charge in [-0.1, -0.05) is 0 Å². The minimum absolute atomic E-state index is 0.0796. The first-order valence-electron chi connectivity index (χ1n) is 4.45. The van der Waals surface area contributed by atoms with Gasteiger partial charge in [-0.2, -0.15) is 0 Å². The van der Waals surface area contributed by atoms with Crippen LogP contribution in [0.4, 0.5) is 0 Å². The largest absolute Gasteiger partial charge is 0.364 e. The maximum atomic E-state index is 11.3. The van der Waals surface area contributed by atoms with Crippen molar-refractivity contribution in [2.45, 2.75) is 6.42 Å². The van der Waals surface area contributed by atoms with Crippen molar-refractivity contribution in [2.75, 3.05) is 0 Å². The van der Waals surface area contributed by atoms with Crippen LogP contribution in [-0.4, -0.2) is 15.0 Å². The summed E-state index contributed by atoms with van der Waals surface area (Å²) in [6.07, 6.45) is 4.76. The van der Waals surface area contributed by atoms with E-state index in [9.17, 15) is 9.59 Å². The standard InChI is InChI=1S/C10H9N3O2/c14-9-1-2-12-8(4-9)3-7-5-11-6-13-10(7)15/h1-2,4-6H,3H2,(H,12,14)(H,11,13,15). The first-order chi connectivity index (χ1) is 7.25. The highest BCUT2D eigenvalue weighted by atomic mass is 16.1. The number of nitrogens with zero attached hydrogens (tertiary/aromatic N) is 1. The highest BCUT2D eigenvalue weighted by Crippen LogP contribution is 1.97. The maximum absolute atomic E-state index is 11.3. The molecule has 0 aromatic carbocycles. The molecule has 2 aromatic heterocycles. The zero-order valence-electron chi connectivity index (χ0n) is 7.86. The predicted molar refractivity (Wildman–Crippen MR) is 54.7 cm³/mol. The summed E-state index contributed by atoms with van der Waals surface area (Å²) in [6.45, 7) is 0. The Balaban J connectivity index is 2.34. The molecular formula is C10H9N3O2. The topological polar surface area (TPSA) is 78.6 Å². The summed E-state index contributed by atoms with van der Waals surface area (Å²) < 4.78 is 0. The first-order valence-corrected chi connectivity index (χ1v) is 4.45. The molecule has 0 spiro atoms. The Morgan fingerprint density at radius 2 is 2.13 bits per heavy atom. The highest BCUT2D eigenvalue weighted by molar-refractivity contribution is 5.15. The van der Waals surface area contributed by atoms with Gasteiger partial charge in [0.05, 0.1) is 6.33 Å². The number of aromatic nitrogens is 3. The summed E-state index contributed by atoms with van der Waals surface area (Å²) >= 11 is 0. The van der Waals surface area contributed by atoms with Crippen molar-refractivity contribution in [1.29, 1.82) is 0 Å². The Morgan fingerprint density at radius 3 is 2.87 bits per heavy atom. The smallest absolute Gasteiger partial charge is 0.254 e.